The van der Waals surface area contributed by atoms with Crippen LogP contribution in [0.1, 0.15) is 31.2 Å². The molecule has 5 heteroatoms. The Labute approximate surface area is 144 Å². The average molecular weight is 343 g/mol. The SMILES string of the molecule is O=S(CCCCCCc1ccccc1)c1ncc(-c2ccoc2)o1. The van der Waals surface area contributed by atoms with Crippen LogP contribution in [-0.4, -0.2) is 14.9 Å². The molecule has 24 heavy (non-hydrogen) atoms. The lowest BCUT2D eigenvalue weighted by Crippen LogP contribution is -1.98. The smallest absolute Gasteiger partial charge is 0.287 e. The first-order valence-corrected chi connectivity index (χ1v) is 9.55. The summed E-state index contributed by atoms with van der Waals surface area (Å²) in [5.74, 6) is 1.19. The van der Waals surface area contributed by atoms with Gasteiger partial charge in [-0.1, -0.05) is 43.2 Å². The molecular formula is C19H21NO3S. The first kappa shape index (κ1) is 16.7. The number of unbranched alkanes of at least 4 members (excludes halogenated alkanes) is 3. The lowest BCUT2D eigenvalue weighted by molar-refractivity contribution is 0.454. The monoisotopic (exact) mass is 343 g/mol. The first-order valence-electron chi connectivity index (χ1n) is 8.23. The fraction of sp³-hybridized carbons (Fsp3) is 0.316. The van der Waals surface area contributed by atoms with Crippen molar-refractivity contribution < 1.29 is 13.0 Å². The van der Waals surface area contributed by atoms with Crippen LogP contribution in [0.4, 0.5) is 0 Å². The summed E-state index contributed by atoms with van der Waals surface area (Å²) in [6.45, 7) is 0. The molecule has 0 bridgehead atoms. The Balaban J connectivity index is 1.35. The van der Waals surface area contributed by atoms with Gasteiger partial charge in [0.05, 0.1) is 18.0 Å². The fourth-order valence-electron chi connectivity index (χ4n) is 2.55. The van der Waals surface area contributed by atoms with Crippen molar-refractivity contribution in [1.82, 2.24) is 4.98 Å². The third-order valence-corrected chi connectivity index (χ3v) is 5.11. The molecule has 0 aliphatic heterocycles. The van der Waals surface area contributed by atoms with E-state index in [0.29, 0.717) is 16.7 Å². The predicted molar refractivity (Wildman–Crippen MR) is 94.1 cm³/mol. The van der Waals surface area contributed by atoms with Gasteiger partial charge in [-0.05, 0) is 30.9 Å². The van der Waals surface area contributed by atoms with Crippen molar-refractivity contribution in [2.45, 2.75) is 37.3 Å². The van der Waals surface area contributed by atoms with Crippen molar-refractivity contribution in [1.29, 1.82) is 0 Å². The normalized spacial score (nSPS) is 12.3. The number of aryl methyl sites for hydroxylation is 1. The second kappa shape index (κ2) is 8.64. The van der Waals surface area contributed by atoms with E-state index in [1.54, 1.807) is 24.8 Å². The summed E-state index contributed by atoms with van der Waals surface area (Å²) in [4.78, 5) is 4.12. The Morgan fingerprint density at radius 2 is 1.83 bits per heavy atom. The summed E-state index contributed by atoms with van der Waals surface area (Å²) in [5, 5.41) is 0.301. The van der Waals surface area contributed by atoms with E-state index < -0.39 is 10.8 Å². The highest BCUT2D eigenvalue weighted by molar-refractivity contribution is 7.84. The van der Waals surface area contributed by atoms with Gasteiger partial charge in [0.25, 0.3) is 5.22 Å². The lowest BCUT2D eigenvalue weighted by Gasteiger charge is -2.01. The molecule has 1 atom stereocenters. The highest BCUT2D eigenvalue weighted by Crippen LogP contribution is 2.22. The average Bonchev–Trinajstić information content (AvgIpc) is 3.29. The van der Waals surface area contributed by atoms with E-state index in [2.05, 4.69) is 29.2 Å². The van der Waals surface area contributed by atoms with Crippen LogP contribution in [0.25, 0.3) is 11.3 Å². The zero-order valence-corrected chi connectivity index (χ0v) is 14.3. The van der Waals surface area contributed by atoms with Crippen LogP contribution in [0.5, 0.6) is 0 Å². The van der Waals surface area contributed by atoms with E-state index in [1.165, 1.54) is 12.0 Å². The number of hydrogen-bond donors (Lipinski definition) is 0. The number of aromatic nitrogens is 1. The molecule has 1 unspecified atom stereocenters. The molecule has 0 fully saturated rings. The molecule has 0 aliphatic carbocycles. The van der Waals surface area contributed by atoms with E-state index in [9.17, 15) is 4.21 Å². The maximum Gasteiger partial charge on any atom is 0.287 e. The second-order valence-electron chi connectivity index (χ2n) is 5.70. The summed E-state index contributed by atoms with van der Waals surface area (Å²) in [6, 6.07) is 12.3. The van der Waals surface area contributed by atoms with Crippen LogP contribution in [0.2, 0.25) is 0 Å². The fourth-order valence-corrected chi connectivity index (χ4v) is 3.54. The van der Waals surface area contributed by atoms with Crippen molar-refractivity contribution >= 4 is 10.8 Å². The van der Waals surface area contributed by atoms with Gasteiger partial charge in [-0.3, -0.25) is 0 Å². The van der Waals surface area contributed by atoms with Gasteiger partial charge in [0.1, 0.15) is 17.1 Å². The van der Waals surface area contributed by atoms with Crippen LogP contribution in [0.3, 0.4) is 0 Å². The number of nitrogens with zero attached hydrogens (tertiary/aromatic N) is 1. The third kappa shape index (κ3) is 4.68. The van der Waals surface area contributed by atoms with Gasteiger partial charge < -0.3 is 8.83 Å². The van der Waals surface area contributed by atoms with E-state index in [-0.39, 0.29) is 0 Å². The van der Waals surface area contributed by atoms with Gasteiger partial charge in [-0.15, -0.1) is 0 Å². The summed E-state index contributed by atoms with van der Waals surface area (Å²) >= 11 is 0. The van der Waals surface area contributed by atoms with Crippen LogP contribution < -0.4 is 0 Å². The molecule has 3 rings (SSSR count). The number of oxazole rings is 1. The maximum absolute atomic E-state index is 12.2. The minimum absolute atomic E-state index is 0.301. The molecule has 3 aromatic rings. The van der Waals surface area contributed by atoms with Crippen LogP contribution in [0.15, 0.2) is 69.2 Å². The lowest BCUT2D eigenvalue weighted by atomic mass is 10.1. The van der Waals surface area contributed by atoms with Crippen LogP contribution in [0, 0.1) is 0 Å². The van der Waals surface area contributed by atoms with Gasteiger partial charge in [0.2, 0.25) is 0 Å². The Morgan fingerprint density at radius 3 is 2.62 bits per heavy atom. The number of benzene rings is 1. The molecule has 0 aliphatic rings. The third-order valence-electron chi connectivity index (χ3n) is 3.87. The summed E-state index contributed by atoms with van der Waals surface area (Å²) in [6.07, 6.45) is 10.2. The van der Waals surface area contributed by atoms with Crippen molar-refractivity contribution in [2.75, 3.05) is 5.75 Å². The molecule has 2 heterocycles. The molecule has 0 saturated carbocycles. The van der Waals surface area contributed by atoms with Crippen molar-refractivity contribution in [3.05, 3.63) is 60.7 Å². The van der Waals surface area contributed by atoms with Crippen LogP contribution >= 0.6 is 0 Å². The van der Waals surface area contributed by atoms with Crippen molar-refractivity contribution in [3.63, 3.8) is 0 Å². The molecule has 0 saturated heterocycles. The highest BCUT2D eigenvalue weighted by atomic mass is 32.2. The Hall–Kier alpha value is -2.14. The molecular weight excluding hydrogens is 322 g/mol. The predicted octanol–water partition coefficient (Wildman–Crippen LogP) is 4.85. The van der Waals surface area contributed by atoms with E-state index in [1.807, 2.05) is 6.07 Å². The molecule has 126 valence electrons. The van der Waals surface area contributed by atoms with E-state index >= 15 is 0 Å². The maximum atomic E-state index is 12.2. The number of furan rings is 1. The largest absolute Gasteiger partial charge is 0.472 e. The van der Waals surface area contributed by atoms with Gasteiger partial charge in [-0.25, -0.2) is 9.19 Å². The topological polar surface area (TPSA) is 56.2 Å². The van der Waals surface area contributed by atoms with Gasteiger partial charge in [-0.2, -0.15) is 0 Å². The minimum Gasteiger partial charge on any atom is -0.472 e. The van der Waals surface area contributed by atoms with Gasteiger partial charge in [0, 0.05) is 5.75 Å². The molecule has 4 nitrogen and oxygen atoms in total. The van der Waals surface area contributed by atoms with Crippen molar-refractivity contribution in [3.8, 4) is 11.3 Å². The number of rotatable bonds is 9. The molecule has 0 spiro atoms. The summed E-state index contributed by atoms with van der Waals surface area (Å²) in [7, 11) is -1.17. The first-order chi connectivity index (χ1) is 11.8. The Bertz CT molecular complexity index is 750. The van der Waals surface area contributed by atoms with Gasteiger partial charge >= 0.3 is 0 Å². The van der Waals surface area contributed by atoms with Crippen LogP contribution in [-0.2, 0) is 17.2 Å². The zero-order chi connectivity index (χ0) is 16.6. The van der Waals surface area contributed by atoms with E-state index in [0.717, 1.165) is 31.2 Å². The standard InChI is InChI=1S/C19H21NO3S/c21-24(19-20-14-18(23-19)17-11-12-22-15-17)13-7-2-1-4-8-16-9-5-3-6-10-16/h3,5-6,9-12,14-15H,1-2,4,7-8,13H2. The van der Waals surface area contributed by atoms with E-state index in [4.69, 9.17) is 8.83 Å². The zero-order valence-electron chi connectivity index (χ0n) is 13.5. The van der Waals surface area contributed by atoms with Crippen molar-refractivity contribution in [2.24, 2.45) is 0 Å². The molecule has 2 aromatic heterocycles. The minimum atomic E-state index is -1.17. The molecule has 0 radical (unpaired) electrons. The second-order valence-corrected chi connectivity index (χ2v) is 7.15. The molecule has 0 N–H and O–H groups in total. The summed E-state index contributed by atoms with van der Waals surface area (Å²) < 4.78 is 22.8. The number of hydrogen-bond acceptors (Lipinski definition) is 4. The Morgan fingerprint density at radius 1 is 1.00 bits per heavy atom. The highest BCUT2D eigenvalue weighted by Gasteiger charge is 2.13. The summed E-state index contributed by atoms with van der Waals surface area (Å²) in [5.41, 5.74) is 2.19. The van der Waals surface area contributed by atoms with Gasteiger partial charge in [0.15, 0.2) is 5.76 Å². The molecule has 0 amide bonds. The molecule has 1 aromatic carbocycles. The Kier molecular flexibility index (Phi) is 6.01. The quantitative estimate of drug-likeness (QED) is 0.521.